The van der Waals surface area contributed by atoms with Crippen LogP contribution in [0.1, 0.15) is 18.4 Å². The molecule has 1 aliphatic heterocycles. The summed E-state index contributed by atoms with van der Waals surface area (Å²) in [5, 5.41) is 0. The van der Waals surface area contributed by atoms with Crippen molar-refractivity contribution in [1.82, 2.24) is 8.87 Å². The summed E-state index contributed by atoms with van der Waals surface area (Å²) in [6, 6.07) is 10.5. The van der Waals surface area contributed by atoms with Gasteiger partial charge in [-0.2, -0.15) is 9.30 Å². The van der Waals surface area contributed by atoms with Gasteiger partial charge in [0.05, 0.1) is 35.2 Å². The van der Waals surface area contributed by atoms with E-state index in [0.29, 0.717) is 35.7 Å². The number of amides is 1. The molecule has 0 N–H and O–H groups in total. The second kappa shape index (κ2) is 9.28. The molecular formula is C23H27N3O5S2. The molecule has 1 saturated heterocycles. The Bertz CT molecular complexity index is 1360. The van der Waals surface area contributed by atoms with E-state index in [1.807, 2.05) is 30.7 Å². The van der Waals surface area contributed by atoms with Crippen LogP contribution in [0.4, 0.5) is 0 Å². The standard InChI is InChI=1S/C23H27N3O5S2/c1-15-7-9-17(10-8-15)33(28,29)26-11-5-6-16(14-26)22(27)24-23-25(2)18-12-19(30-3)20(31-4)13-21(18)32-23/h7-10,12-13,16H,5-6,11,14H2,1-4H3. The average Bonchev–Trinajstić information content (AvgIpc) is 3.12. The second-order valence-corrected chi connectivity index (χ2v) is 11.0. The monoisotopic (exact) mass is 489 g/mol. The lowest BCUT2D eigenvalue weighted by atomic mass is 9.99. The molecule has 1 amide bonds. The number of hydrogen-bond donors (Lipinski definition) is 0. The predicted octanol–water partition coefficient (Wildman–Crippen LogP) is 3.09. The van der Waals surface area contributed by atoms with Gasteiger partial charge in [0.1, 0.15) is 0 Å². The van der Waals surface area contributed by atoms with Crippen molar-refractivity contribution in [2.24, 2.45) is 18.0 Å². The number of hydrogen-bond acceptors (Lipinski definition) is 6. The summed E-state index contributed by atoms with van der Waals surface area (Å²) in [4.78, 5) is 18.2. The van der Waals surface area contributed by atoms with Gasteiger partial charge in [0, 0.05) is 32.3 Å². The number of carbonyl (C=O) groups is 1. The number of nitrogens with zero attached hydrogens (tertiary/aromatic N) is 3. The van der Waals surface area contributed by atoms with Crippen molar-refractivity contribution in [3.05, 3.63) is 46.8 Å². The summed E-state index contributed by atoms with van der Waals surface area (Å²) in [6.07, 6.45) is 1.22. The molecular weight excluding hydrogens is 462 g/mol. The molecule has 1 atom stereocenters. The number of fused-ring (bicyclic) bond motifs is 1. The van der Waals surface area contributed by atoms with Gasteiger partial charge < -0.3 is 14.0 Å². The Morgan fingerprint density at radius 1 is 1.12 bits per heavy atom. The Morgan fingerprint density at radius 3 is 2.45 bits per heavy atom. The van der Waals surface area contributed by atoms with E-state index >= 15 is 0 Å². The van der Waals surface area contributed by atoms with Gasteiger partial charge in [-0.25, -0.2) is 8.42 Å². The third-order valence-corrected chi connectivity index (χ3v) is 8.89. The van der Waals surface area contributed by atoms with Crippen LogP contribution in [0.3, 0.4) is 0 Å². The number of benzene rings is 2. The van der Waals surface area contributed by atoms with Crippen LogP contribution in [0.25, 0.3) is 10.2 Å². The first-order valence-corrected chi connectivity index (χ1v) is 12.9. The van der Waals surface area contributed by atoms with Crippen molar-refractivity contribution < 1.29 is 22.7 Å². The smallest absolute Gasteiger partial charge is 0.252 e. The quantitative estimate of drug-likeness (QED) is 0.549. The lowest BCUT2D eigenvalue weighted by Crippen LogP contribution is -2.42. The van der Waals surface area contributed by atoms with Crippen LogP contribution < -0.4 is 14.3 Å². The topological polar surface area (TPSA) is 90.2 Å². The van der Waals surface area contributed by atoms with Gasteiger partial charge in [-0.1, -0.05) is 29.0 Å². The molecule has 33 heavy (non-hydrogen) atoms. The van der Waals surface area contributed by atoms with Crippen LogP contribution in [0.5, 0.6) is 11.5 Å². The van der Waals surface area contributed by atoms with Gasteiger partial charge >= 0.3 is 0 Å². The first kappa shape index (κ1) is 23.5. The fourth-order valence-corrected chi connectivity index (χ4v) is 6.53. The molecule has 3 aromatic rings. The number of sulfonamides is 1. The summed E-state index contributed by atoms with van der Waals surface area (Å²) >= 11 is 1.38. The van der Waals surface area contributed by atoms with Crippen LogP contribution in [-0.4, -0.2) is 50.5 Å². The maximum absolute atomic E-state index is 13.1. The minimum absolute atomic E-state index is 0.134. The lowest BCUT2D eigenvalue weighted by molar-refractivity contribution is -0.122. The first-order chi connectivity index (χ1) is 15.7. The molecule has 0 spiro atoms. The second-order valence-electron chi connectivity index (χ2n) is 8.08. The fourth-order valence-electron chi connectivity index (χ4n) is 3.97. The minimum Gasteiger partial charge on any atom is -0.493 e. The van der Waals surface area contributed by atoms with Crippen LogP contribution in [0, 0.1) is 12.8 Å². The van der Waals surface area contributed by atoms with E-state index in [2.05, 4.69) is 4.99 Å². The third-order valence-electron chi connectivity index (χ3n) is 5.91. The minimum atomic E-state index is -3.65. The molecule has 0 bridgehead atoms. The zero-order chi connectivity index (χ0) is 23.8. The van der Waals surface area contributed by atoms with E-state index in [9.17, 15) is 13.2 Å². The number of methoxy groups -OCH3 is 2. The van der Waals surface area contributed by atoms with Crippen LogP contribution in [0.15, 0.2) is 46.3 Å². The first-order valence-electron chi connectivity index (χ1n) is 10.6. The van der Waals surface area contributed by atoms with Crippen LogP contribution in [0.2, 0.25) is 0 Å². The fraction of sp³-hybridized carbons (Fsp3) is 0.391. The highest BCUT2D eigenvalue weighted by molar-refractivity contribution is 7.89. The van der Waals surface area contributed by atoms with E-state index in [0.717, 1.165) is 15.8 Å². The number of aromatic nitrogens is 1. The number of carbonyl (C=O) groups excluding carboxylic acids is 1. The summed E-state index contributed by atoms with van der Waals surface area (Å²) in [5.74, 6) is 0.419. The molecule has 1 unspecified atom stereocenters. The van der Waals surface area contributed by atoms with Gasteiger partial charge in [-0.15, -0.1) is 0 Å². The number of aryl methyl sites for hydroxylation is 2. The molecule has 176 valence electrons. The van der Waals surface area contributed by atoms with Crippen LogP contribution in [-0.2, 0) is 21.9 Å². The zero-order valence-electron chi connectivity index (χ0n) is 19.1. The number of ether oxygens (including phenoxy) is 2. The summed E-state index contributed by atoms with van der Waals surface area (Å²) < 4.78 is 41.0. The molecule has 2 heterocycles. The maximum Gasteiger partial charge on any atom is 0.252 e. The molecule has 0 saturated carbocycles. The molecule has 1 fully saturated rings. The third kappa shape index (κ3) is 4.55. The van der Waals surface area contributed by atoms with Crippen molar-refractivity contribution in [2.75, 3.05) is 27.3 Å². The van der Waals surface area contributed by atoms with Crippen molar-refractivity contribution in [2.45, 2.75) is 24.7 Å². The van der Waals surface area contributed by atoms with E-state index in [4.69, 9.17) is 9.47 Å². The Labute approximate surface area is 197 Å². The van der Waals surface area contributed by atoms with Crippen molar-refractivity contribution in [3.8, 4) is 11.5 Å². The van der Waals surface area contributed by atoms with Crippen molar-refractivity contribution in [1.29, 1.82) is 0 Å². The average molecular weight is 490 g/mol. The van der Waals surface area contributed by atoms with Gasteiger partial charge in [0.25, 0.3) is 5.91 Å². The van der Waals surface area contributed by atoms with E-state index in [-0.39, 0.29) is 17.3 Å². The highest BCUT2D eigenvalue weighted by Crippen LogP contribution is 2.33. The van der Waals surface area contributed by atoms with E-state index in [1.54, 1.807) is 38.5 Å². The highest BCUT2D eigenvalue weighted by atomic mass is 32.2. The normalized spacial score (nSPS) is 17.9. The van der Waals surface area contributed by atoms with Gasteiger partial charge in [-0.05, 0) is 31.9 Å². The lowest BCUT2D eigenvalue weighted by Gasteiger charge is -2.30. The molecule has 2 aromatic carbocycles. The Kier molecular flexibility index (Phi) is 6.60. The van der Waals surface area contributed by atoms with Gasteiger partial charge in [0.15, 0.2) is 16.3 Å². The van der Waals surface area contributed by atoms with Crippen LogP contribution >= 0.6 is 11.3 Å². The maximum atomic E-state index is 13.1. The van der Waals surface area contributed by atoms with E-state index in [1.165, 1.54) is 15.6 Å². The molecule has 8 nitrogen and oxygen atoms in total. The summed E-state index contributed by atoms with van der Waals surface area (Å²) in [5.41, 5.74) is 1.86. The Morgan fingerprint density at radius 2 is 1.79 bits per heavy atom. The summed E-state index contributed by atoms with van der Waals surface area (Å²) in [7, 11) is 1.33. The molecule has 10 heteroatoms. The Balaban J connectivity index is 1.61. The van der Waals surface area contributed by atoms with Gasteiger partial charge in [-0.3, -0.25) is 4.79 Å². The Hall–Kier alpha value is -2.69. The number of piperidine rings is 1. The molecule has 0 aliphatic carbocycles. The number of thiazole rings is 1. The highest BCUT2D eigenvalue weighted by Gasteiger charge is 2.33. The summed E-state index contributed by atoms with van der Waals surface area (Å²) in [6.45, 7) is 2.44. The SMILES string of the molecule is COc1cc2sc(=NC(=O)C3CCCN(S(=O)(=O)c4ccc(C)cc4)C3)n(C)c2cc1OC. The van der Waals surface area contributed by atoms with Gasteiger partial charge in [0.2, 0.25) is 10.0 Å². The zero-order valence-corrected chi connectivity index (χ0v) is 20.7. The molecule has 1 aliphatic rings. The molecule has 0 radical (unpaired) electrons. The van der Waals surface area contributed by atoms with E-state index < -0.39 is 15.9 Å². The van der Waals surface area contributed by atoms with Crippen molar-refractivity contribution in [3.63, 3.8) is 0 Å². The molecule has 4 rings (SSSR count). The van der Waals surface area contributed by atoms with Crippen molar-refractivity contribution >= 4 is 37.5 Å². The predicted molar refractivity (Wildman–Crippen MR) is 127 cm³/mol. The number of rotatable bonds is 5. The molecule has 1 aromatic heterocycles. The largest absolute Gasteiger partial charge is 0.493 e.